The maximum atomic E-state index is 11.6. The van der Waals surface area contributed by atoms with Gasteiger partial charge in [-0.2, -0.15) is 16.8 Å². The molecule has 0 bridgehead atoms. The Balaban J connectivity index is 1.41. The van der Waals surface area contributed by atoms with Crippen LogP contribution in [0.1, 0.15) is 36.6 Å². The molecule has 0 aliphatic carbocycles. The van der Waals surface area contributed by atoms with Crippen molar-refractivity contribution in [2.45, 2.75) is 32.6 Å². The largest absolute Gasteiger partial charge is 0.439 e. The Hall–Kier alpha value is -4.00. The molecule has 5 aromatic rings. The van der Waals surface area contributed by atoms with Gasteiger partial charge in [0.1, 0.15) is 0 Å². The SMILES string of the molecule is CCC(/C=C1\Oc2ccc(-c3ccccc3)cc2N1CCCS(=O)(=O)O)=C\c1sc2ccc3ccccc3c2c1CCCS(=O)(=O)O. The summed E-state index contributed by atoms with van der Waals surface area (Å²) in [6.07, 6.45) is 5.67. The highest BCUT2D eigenvalue weighted by Gasteiger charge is 2.27. The third-order valence-corrected chi connectivity index (χ3v) is 10.9. The van der Waals surface area contributed by atoms with Gasteiger partial charge in [0.15, 0.2) is 5.75 Å². The molecule has 0 fully saturated rings. The van der Waals surface area contributed by atoms with Crippen molar-refractivity contribution in [3.8, 4) is 16.9 Å². The summed E-state index contributed by atoms with van der Waals surface area (Å²) in [7, 11) is -8.23. The van der Waals surface area contributed by atoms with E-state index in [1.807, 2.05) is 78.6 Å². The molecule has 2 heterocycles. The van der Waals surface area contributed by atoms with Crippen LogP contribution in [0.3, 0.4) is 0 Å². The van der Waals surface area contributed by atoms with Crippen LogP contribution >= 0.6 is 11.3 Å². The molecule has 244 valence electrons. The molecule has 1 aromatic heterocycles. The topological polar surface area (TPSA) is 121 Å². The molecule has 0 radical (unpaired) electrons. The van der Waals surface area contributed by atoms with Crippen LogP contribution in [-0.4, -0.2) is 44.0 Å². The molecular formula is C36H35NO7S3. The Morgan fingerprint density at radius 3 is 2.32 bits per heavy atom. The summed E-state index contributed by atoms with van der Waals surface area (Å²) in [5.41, 5.74) is 4.83. The zero-order valence-corrected chi connectivity index (χ0v) is 28.2. The first-order chi connectivity index (χ1) is 22.5. The summed E-state index contributed by atoms with van der Waals surface area (Å²) in [6.45, 7) is 2.35. The number of allylic oxidation sites excluding steroid dienone is 2. The van der Waals surface area contributed by atoms with Crippen molar-refractivity contribution in [2.24, 2.45) is 0 Å². The molecule has 0 spiro atoms. The Morgan fingerprint density at radius 2 is 1.57 bits per heavy atom. The highest BCUT2D eigenvalue weighted by atomic mass is 32.2. The highest BCUT2D eigenvalue weighted by Crippen LogP contribution is 2.43. The van der Waals surface area contributed by atoms with Crippen molar-refractivity contribution in [1.82, 2.24) is 0 Å². The van der Waals surface area contributed by atoms with Crippen molar-refractivity contribution in [3.05, 3.63) is 113 Å². The molecule has 11 heteroatoms. The molecule has 2 N–H and O–H groups in total. The number of hydrogen-bond donors (Lipinski definition) is 2. The van der Waals surface area contributed by atoms with Gasteiger partial charge in [-0.15, -0.1) is 11.3 Å². The van der Waals surface area contributed by atoms with E-state index in [1.165, 1.54) is 0 Å². The van der Waals surface area contributed by atoms with Crippen molar-refractivity contribution in [2.75, 3.05) is 23.0 Å². The van der Waals surface area contributed by atoms with E-state index in [-0.39, 0.29) is 24.3 Å². The van der Waals surface area contributed by atoms with E-state index in [0.717, 1.165) is 53.7 Å². The minimum Gasteiger partial charge on any atom is -0.439 e. The predicted octanol–water partition coefficient (Wildman–Crippen LogP) is 8.35. The van der Waals surface area contributed by atoms with E-state index < -0.39 is 20.2 Å². The van der Waals surface area contributed by atoms with E-state index in [0.29, 0.717) is 31.0 Å². The summed E-state index contributed by atoms with van der Waals surface area (Å²) in [4.78, 5) is 2.95. The number of ether oxygens (including phenoxy) is 1. The number of hydrogen-bond acceptors (Lipinski definition) is 7. The third kappa shape index (κ3) is 7.77. The molecule has 0 saturated carbocycles. The van der Waals surface area contributed by atoms with Gasteiger partial charge in [0.2, 0.25) is 5.88 Å². The van der Waals surface area contributed by atoms with Gasteiger partial charge in [-0.1, -0.05) is 73.7 Å². The number of anilines is 1. The van der Waals surface area contributed by atoms with Crippen molar-refractivity contribution < 1.29 is 30.7 Å². The van der Waals surface area contributed by atoms with Crippen LogP contribution in [-0.2, 0) is 26.7 Å². The van der Waals surface area contributed by atoms with Gasteiger partial charge in [-0.05, 0) is 83.0 Å². The zero-order chi connectivity index (χ0) is 33.2. The lowest BCUT2D eigenvalue weighted by atomic mass is 9.99. The van der Waals surface area contributed by atoms with Crippen LogP contribution in [0.25, 0.3) is 38.1 Å². The van der Waals surface area contributed by atoms with Crippen LogP contribution in [0.5, 0.6) is 5.75 Å². The van der Waals surface area contributed by atoms with E-state index in [1.54, 1.807) is 11.3 Å². The van der Waals surface area contributed by atoms with Gasteiger partial charge >= 0.3 is 0 Å². The smallest absolute Gasteiger partial charge is 0.264 e. The summed E-state index contributed by atoms with van der Waals surface area (Å²) < 4.78 is 72.5. The van der Waals surface area contributed by atoms with Gasteiger partial charge in [-0.3, -0.25) is 9.11 Å². The molecule has 6 rings (SSSR count). The minimum atomic E-state index is -4.13. The van der Waals surface area contributed by atoms with Gasteiger partial charge < -0.3 is 9.64 Å². The lowest BCUT2D eigenvalue weighted by molar-refractivity contribution is 0.436. The monoisotopic (exact) mass is 689 g/mol. The number of benzene rings is 4. The van der Waals surface area contributed by atoms with Gasteiger partial charge in [-0.25, -0.2) is 0 Å². The second-order valence-corrected chi connectivity index (χ2v) is 15.7. The molecule has 1 aliphatic rings. The molecule has 0 unspecified atom stereocenters. The molecule has 47 heavy (non-hydrogen) atoms. The van der Waals surface area contributed by atoms with Crippen molar-refractivity contribution in [1.29, 1.82) is 0 Å². The summed E-state index contributed by atoms with van der Waals surface area (Å²) in [5.74, 6) is 0.507. The normalized spacial score (nSPS) is 14.7. The van der Waals surface area contributed by atoms with Crippen LogP contribution in [0.2, 0.25) is 0 Å². The van der Waals surface area contributed by atoms with Crippen LogP contribution in [0.4, 0.5) is 5.69 Å². The number of nitrogens with zero attached hydrogens (tertiary/aromatic N) is 1. The number of fused-ring (bicyclic) bond motifs is 4. The van der Waals surface area contributed by atoms with E-state index in [4.69, 9.17) is 4.74 Å². The fraction of sp³-hybridized carbons (Fsp3) is 0.222. The lowest BCUT2D eigenvalue weighted by Gasteiger charge is -2.19. The first-order valence-electron chi connectivity index (χ1n) is 15.4. The maximum absolute atomic E-state index is 11.6. The van der Waals surface area contributed by atoms with Crippen molar-refractivity contribution in [3.63, 3.8) is 0 Å². The molecular weight excluding hydrogens is 655 g/mol. The molecule has 1 aliphatic heterocycles. The number of aryl methyl sites for hydroxylation is 1. The summed E-state index contributed by atoms with van der Waals surface area (Å²) in [5, 5.41) is 3.27. The quantitative estimate of drug-likeness (QED) is 0.125. The zero-order valence-electron chi connectivity index (χ0n) is 25.8. The van der Waals surface area contributed by atoms with Crippen molar-refractivity contribution >= 4 is 64.2 Å². The molecule has 0 atom stereocenters. The van der Waals surface area contributed by atoms with Crippen LogP contribution in [0, 0.1) is 0 Å². The second kappa shape index (κ2) is 13.6. The standard InChI is InChI=1S/C36H35NO7S3/c1-2-25(22-34-30(14-8-20-46(38,39)40)36-29-13-7-6-12-27(29)16-18-33(36)45-34)23-35-37(19-9-21-47(41,42)43)31-24-28(15-17-32(31)44-35)26-10-4-3-5-11-26/h3-7,10-13,15-18,22-24H,2,8-9,14,19-21H2,1H3,(H,38,39,40)(H,41,42,43)/b25-22+,35-23-. The molecule has 4 aromatic carbocycles. The second-order valence-electron chi connectivity index (χ2n) is 11.5. The van der Waals surface area contributed by atoms with Gasteiger partial charge in [0.05, 0.1) is 17.2 Å². The Morgan fingerprint density at radius 1 is 0.851 bits per heavy atom. The fourth-order valence-corrected chi connectivity index (χ4v) is 8.22. The Bertz CT molecular complexity index is 2220. The van der Waals surface area contributed by atoms with Gasteiger partial charge in [0.25, 0.3) is 20.2 Å². The minimum absolute atomic E-state index is 0.195. The van der Waals surface area contributed by atoms with E-state index in [9.17, 15) is 25.9 Å². The average Bonchev–Trinajstić information content (AvgIpc) is 3.56. The fourth-order valence-electron chi connectivity index (χ4n) is 5.97. The first kappa shape index (κ1) is 32.9. The third-order valence-electron chi connectivity index (χ3n) is 8.19. The highest BCUT2D eigenvalue weighted by molar-refractivity contribution is 7.86. The first-order valence-corrected chi connectivity index (χ1v) is 19.4. The number of rotatable bonds is 12. The summed E-state index contributed by atoms with van der Waals surface area (Å²) >= 11 is 1.64. The average molecular weight is 690 g/mol. The molecule has 0 saturated heterocycles. The summed E-state index contributed by atoms with van der Waals surface area (Å²) in [6, 6.07) is 28.2. The van der Waals surface area contributed by atoms with E-state index in [2.05, 4.69) is 30.3 Å². The van der Waals surface area contributed by atoms with Gasteiger partial charge in [0, 0.05) is 27.6 Å². The van der Waals surface area contributed by atoms with Crippen LogP contribution in [0.15, 0.2) is 102 Å². The maximum Gasteiger partial charge on any atom is 0.264 e. The molecule has 8 nitrogen and oxygen atoms in total. The molecule has 0 amide bonds. The van der Waals surface area contributed by atoms with Crippen LogP contribution < -0.4 is 9.64 Å². The number of thiophene rings is 1. The lowest BCUT2D eigenvalue weighted by Crippen LogP contribution is -2.23. The Labute approximate surface area is 279 Å². The Kier molecular flexibility index (Phi) is 9.54. The van der Waals surface area contributed by atoms with E-state index >= 15 is 0 Å². The predicted molar refractivity (Wildman–Crippen MR) is 191 cm³/mol.